The van der Waals surface area contributed by atoms with Gasteiger partial charge in [-0.15, -0.1) is 0 Å². The molecular weight excluding hydrogens is 290 g/mol. The molecule has 2 rings (SSSR count). The second-order valence-corrected chi connectivity index (χ2v) is 4.97. The predicted octanol–water partition coefficient (Wildman–Crippen LogP) is 3.46. The van der Waals surface area contributed by atoms with Gasteiger partial charge in [-0.25, -0.2) is 0 Å². The fourth-order valence-corrected chi connectivity index (χ4v) is 2.21. The highest BCUT2D eigenvalue weighted by Crippen LogP contribution is 2.44. The first-order chi connectivity index (χ1) is 9.01. The molecule has 0 aromatic carbocycles. The maximum absolute atomic E-state index is 12.2. The summed E-state index contributed by atoms with van der Waals surface area (Å²) in [5, 5.41) is 7.49. The molecule has 0 aliphatic heterocycles. The number of halogens is 6. The van der Waals surface area contributed by atoms with Crippen LogP contribution >= 0.6 is 0 Å². The van der Waals surface area contributed by atoms with Crippen molar-refractivity contribution >= 4 is 0 Å². The Labute approximate surface area is 112 Å². The highest BCUT2D eigenvalue weighted by atomic mass is 19.3. The molecule has 0 saturated heterocycles. The van der Waals surface area contributed by atoms with Crippen molar-refractivity contribution in [1.29, 1.82) is 0 Å². The molecule has 1 N–H and O–H groups in total. The van der Waals surface area contributed by atoms with Crippen LogP contribution in [-0.4, -0.2) is 36.8 Å². The summed E-state index contributed by atoms with van der Waals surface area (Å²) < 4.78 is 75.3. The summed E-state index contributed by atoms with van der Waals surface area (Å²) in [6.07, 6.45) is 3.40. The van der Waals surface area contributed by atoms with Gasteiger partial charge in [0.1, 0.15) is 6.61 Å². The van der Waals surface area contributed by atoms with Gasteiger partial charge in [0.2, 0.25) is 0 Å². The van der Waals surface area contributed by atoms with Crippen LogP contribution in [0.1, 0.15) is 19.3 Å². The number of hydrogen-bond acceptors (Lipinski definition) is 2. The second kappa shape index (κ2) is 5.93. The molecule has 1 fully saturated rings. The summed E-state index contributed by atoms with van der Waals surface area (Å²) in [5.74, 6) is -8.99. The molecule has 0 amide bonds. The molecule has 2 aliphatic rings. The van der Waals surface area contributed by atoms with Crippen molar-refractivity contribution in [3.05, 3.63) is 12.2 Å². The zero-order valence-electron chi connectivity index (χ0n) is 10.8. The lowest BCUT2D eigenvalue weighted by atomic mass is 10.1. The van der Waals surface area contributed by atoms with Crippen molar-refractivity contribution in [1.82, 2.24) is 0 Å². The molecule has 2 aliphatic carbocycles. The third kappa shape index (κ3) is 3.66. The first kappa shape index (κ1) is 17.3. The molecule has 1 saturated carbocycles. The largest absolute Gasteiger partial charge is 0.423 e. The summed E-state index contributed by atoms with van der Waals surface area (Å²) in [6, 6.07) is 0. The minimum Gasteiger partial charge on any atom is -0.378 e. The monoisotopic (exact) mass is 306 g/mol. The number of aliphatic hydroxyl groups is 1. The Morgan fingerprint density at radius 3 is 1.70 bits per heavy atom. The molecular formula is C12H16F6O2. The van der Waals surface area contributed by atoms with E-state index in [1.165, 1.54) is 19.3 Å². The zero-order valence-corrected chi connectivity index (χ0v) is 10.8. The summed E-state index contributed by atoms with van der Waals surface area (Å²) in [6.45, 7) is -1.91. The summed E-state index contributed by atoms with van der Waals surface area (Å²) >= 11 is 0. The van der Waals surface area contributed by atoms with Crippen LogP contribution in [-0.2, 0) is 4.74 Å². The van der Waals surface area contributed by atoms with Gasteiger partial charge in [-0.2, -0.15) is 26.3 Å². The van der Waals surface area contributed by atoms with Crippen LogP contribution in [0.2, 0.25) is 0 Å². The van der Waals surface area contributed by atoms with Crippen molar-refractivity contribution in [3.8, 4) is 0 Å². The van der Waals surface area contributed by atoms with Gasteiger partial charge in [-0.05, 0) is 31.1 Å². The van der Waals surface area contributed by atoms with E-state index in [-0.39, 0.29) is 0 Å². The third-order valence-electron chi connectivity index (χ3n) is 3.33. The Morgan fingerprint density at radius 2 is 1.50 bits per heavy atom. The van der Waals surface area contributed by atoms with Gasteiger partial charge in [0.05, 0.1) is 0 Å². The zero-order chi connectivity index (χ0) is 15.6. The molecule has 2 unspecified atom stereocenters. The number of methoxy groups -OCH3 is 1. The molecule has 2 nitrogen and oxygen atoms in total. The Morgan fingerprint density at radius 1 is 1.05 bits per heavy atom. The van der Waals surface area contributed by atoms with Gasteiger partial charge in [-0.3, -0.25) is 0 Å². The van der Waals surface area contributed by atoms with Crippen molar-refractivity contribution in [2.24, 2.45) is 11.8 Å². The molecule has 2 atom stereocenters. The molecule has 0 aromatic heterocycles. The molecule has 0 spiro atoms. The van der Waals surface area contributed by atoms with E-state index in [0.717, 1.165) is 11.8 Å². The van der Waals surface area contributed by atoms with E-state index in [2.05, 4.69) is 16.9 Å². The fourth-order valence-electron chi connectivity index (χ4n) is 2.21. The Bertz CT molecular complexity index is 338. The highest BCUT2D eigenvalue weighted by molar-refractivity contribution is 5.06. The van der Waals surface area contributed by atoms with Gasteiger partial charge in [0, 0.05) is 7.11 Å². The molecule has 118 valence electrons. The lowest BCUT2D eigenvalue weighted by molar-refractivity contribution is -0.388. The van der Waals surface area contributed by atoms with Gasteiger partial charge in [-0.1, -0.05) is 12.2 Å². The number of hydrogen-bond donors (Lipinski definition) is 1. The van der Waals surface area contributed by atoms with E-state index >= 15 is 0 Å². The number of alkyl halides is 6. The Kier molecular flexibility index (Phi) is 5.13. The van der Waals surface area contributed by atoms with Crippen molar-refractivity contribution < 1.29 is 36.2 Å². The number of ether oxygens (including phenoxy) is 1. The Hall–Kier alpha value is -0.760. The molecule has 20 heavy (non-hydrogen) atoms. The van der Waals surface area contributed by atoms with E-state index in [1.54, 1.807) is 0 Å². The molecule has 0 aromatic rings. The SMILES string of the molecule is C1=CC2CCC1C2.COCC(F)(F)C(F)(F)C(O)(F)F. The first-order valence-corrected chi connectivity index (χ1v) is 6.04. The number of fused-ring (bicyclic) bond motifs is 2. The normalized spacial score (nSPS) is 25.6. The number of rotatable bonds is 4. The van der Waals surface area contributed by atoms with Crippen LogP contribution in [0, 0.1) is 11.8 Å². The maximum atomic E-state index is 12.2. The lowest BCUT2D eigenvalue weighted by Gasteiger charge is -2.28. The third-order valence-corrected chi connectivity index (χ3v) is 3.33. The molecule has 0 radical (unpaired) electrons. The summed E-state index contributed by atoms with van der Waals surface area (Å²) in [4.78, 5) is 0. The minimum atomic E-state index is -5.85. The van der Waals surface area contributed by atoms with Crippen LogP contribution in [0.5, 0.6) is 0 Å². The van der Waals surface area contributed by atoms with E-state index in [0.29, 0.717) is 7.11 Å². The van der Waals surface area contributed by atoms with E-state index in [4.69, 9.17) is 5.11 Å². The first-order valence-electron chi connectivity index (χ1n) is 6.04. The number of allylic oxidation sites excluding steroid dienone is 2. The van der Waals surface area contributed by atoms with Gasteiger partial charge >= 0.3 is 18.0 Å². The van der Waals surface area contributed by atoms with Crippen LogP contribution in [0.25, 0.3) is 0 Å². The van der Waals surface area contributed by atoms with E-state index in [9.17, 15) is 26.3 Å². The lowest BCUT2D eigenvalue weighted by Crippen LogP contribution is -2.56. The minimum absolute atomic E-state index is 0.638. The molecule has 0 heterocycles. The fraction of sp³-hybridized carbons (Fsp3) is 0.833. The molecule has 2 bridgehead atoms. The second-order valence-electron chi connectivity index (χ2n) is 4.97. The van der Waals surface area contributed by atoms with Crippen LogP contribution in [0.3, 0.4) is 0 Å². The maximum Gasteiger partial charge on any atom is 0.423 e. The van der Waals surface area contributed by atoms with Crippen LogP contribution < -0.4 is 0 Å². The van der Waals surface area contributed by atoms with E-state index < -0.39 is 24.6 Å². The highest BCUT2D eigenvalue weighted by Gasteiger charge is 2.71. The molecule has 8 heteroatoms. The average Bonchev–Trinajstić information content (AvgIpc) is 2.92. The van der Waals surface area contributed by atoms with Gasteiger partial charge < -0.3 is 9.84 Å². The summed E-state index contributed by atoms with van der Waals surface area (Å²) in [7, 11) is 0.638. The average molecular weight is 306 g/mol. The Balaban J connectivity index is 0.000000233. The smallest absolute Gasteiger partial charge is 0.378 e. The predicted molar refractivity (Wildman–Crippen MR) is 58.9 cm³/mol. The van der Waals surface area contributed by atoms with Crippen molar-refractivity contribution in [2.75, 3.05) is 13.7 Å². The van der Waals surface area contributed by atoms with Crippen LogP contribution in [0.4, 0.5) is 26.3 Å². The quantitative estimate of drug-likeness (QED) is 0.636. The van der Waals surface area contributed by atoms with Crippen LogP contribution in [0.15, 0.2) is 12.2 Å². The topological polar surface area (TPSA) is 29.5 Å². The van der Waals surface area contributed by atoms with E-state index in [1.807, 2.05) is 0 Å². The van der Waals surface area contributed by atoms with Gasteiger partial charge in [0.25, 0.3) is 0 Å². The summed E-state index contributed by atoms with van der Waals surface area (Å²) in [5.41, 5.74) is 0. The van der Waals surface area contributed by atoms with Gasteiger partial charge in [0.15, 0.2) is 0 Å². The van der Waals surface area contributed by atoms with Crippen molar-refractivity contribution in [3.63, 3.8) is 0 Å². The standard InChI is InChI=1S/C7H10.C5H6F6O2/c1-2-7-4-3-6(1)5-7;1-13-2-3(6,7)4(8,9)5(10,11)12/h1-2,6-7H,3-5H2;12H,2H2,1H3. The van der Waals surface area contributed by atoms with Crippen molar-refractivity contribution in [2.45, 2.75) is 37.2 Å².